The molecule has 0 aliphatic heterocycles. The van der Waals surface area contributed by atoms with Crippen LogP contribution in [0.5, 0.6) is 0 Å². The number of rotatable bonds is 6. The molecule has 1 rings (SSSR count). The number of nitrogens with zero attached hydrogens (tertiary/aromatic N) is 3. The Labute approximate surface area is 124 Å². The van der Waals surface area contributed by atoms with Crippen molar-refractivity contribution < 1.29 is 12.8 Å². The number of nitriles is 2. The average molecular weight is 309 g/mol. The van der Waals surface area contributed by atoms with Gasteiger partial charge >= 0.3 is 0 Å². The van der Waals surface area contributed by atoms with E-state index >= 15 is 0 Å². The molecule has 112 valence electrons. The molecule has 0 saturated heterocycles. The van der Waals surface area contributed by atoms with Crippen LogP contribution in [0.3, 0.4) is 0 Å². The van der Waals surface area contributed by atoms with Crippen molar-refractivity contribution in [2.45, 2.75) is 25.2 Å². The van der Waals surface area contributed by atoms with Crippen molar-refractivity contribution in [3.8, 4) is 12.1 Å². The largest absolute Gasteiger partial charge is 0.244 e. The van der Waals surface area contributed by atoms with Gasteiger partial charge in [0.2, 0.25) is 10.0 Å². The van der Waals surface area contributed by atoms with Gasteiger partial charge in [0.05, 0.1) is 6.07 Å². The Morgan fingerprint density at radius 3 is 2.52 bits per heavy atom. The lowest BCUT2D eigenvalue weighted by Gasteiger charge is -2.23. The molecule has 0 aliphatic rings. The molecule has 0 atom stereocenters. The lowest BCUT2D eigenvalue weighted by Crippen LogP contribution is -2.35. The molecule has 0 fully saturated rings. The van der Waals surface area contributed by atoms with Crippen LogP contribution < -0.4 is 0 Å². The molecule has 0 unspecified atom stereocenters. The van der Waals surface area contributed by atoms with Crippen LogP contribution in [0.1, 0.15) is 25.8 Å². The molecular formula is C14H16FN3O2S. The molecule has 0 aliphatic carbocycles. The van der Waals surface area contributed by atoms with Crippen LogP contribution in [0.15, 0.2) is 23.1 Å². The first-order valence-electron chi connectivity index (χ1n) is 6.40. The molecule has 21 heavy (non-hydrogen) atoms. The van der Waals surface area contributed by atoms with E-state index < -0.39 is 21.4 Å². The zero-order valence-corrected chi connectivity index (χ0v) is 12.7. The van der Waals surface area contributed by atoms with Gasteiger partial charge in [0.15, 0.2) is 0 Å². The third kappa shape index (κ3) is 4.01. The van der Waals surface area contributed by atoms with Gasteiger partial charge in [-0.3, -0.25) is 0 Å². The van der Waals surface area contributed by atoms with Crippen LogP contribution in [0.2, 0.25) is 0 Å². The van der Waals surface area contributed by atoms with Crippen molar-refractivity contribution >= 4 is 10.0 Å². The molecule has 5 nitrogen and oxygen atoms in total. The molecule has 0 amide bonds. The van der Waals surface area contributed by atoms with Gasteiger partial charge in [-0.1, -0.05) is 19.9 Å². The number of halogens is 1. The first kappa shape index (κ1) is 17.1. The zero-order chi connectivity index (χ0) is 16.0. The molecular weight excluding hydrogens is 293 g/mol. The second-order valence-corrected chi connectivity index (χ2v) is 6.80. The van der Waals surface area contributed by atoms with Crippen molar-refractivity contribution in [3.05, 3.63) is 29.6 Å². The van der Waals surface area contributed by atoms with Gasteiger partial charge in [0.1, 0.15) is 22.3 Å². The number of hydrogen-bond acceptors (Lipinski definition) is 4. The van der Waals surface area contributed by atoms with Crippen molar-refractivity contribution in [1.29, 1.82) is 10.5 Å². The van der Waals surface area contributed by atoms with Crippen molar-refractivity contribution in [1.82, 2.24) is 4.31 Å². The monoisotopic (exact) mass is 309 g/mol. The minimum absolute atomic E-state index is 0.0123. The summed E-state index contributed by atoms with van der Waals surface area (Å²) in [6.45, 7) is 3.89. The van der Waals surface area contributed by atoms with Gasteiger partial charge in [0.25, 0.3) is 0 Å². The van der Waals surface area contributed by atoms with E-state index in [1.54, 1.807) is 6.07 Å². The summed E-state index contributed by atoms with van der Waals surface area (Å²) in [7, 11) is -4.01. The first-order valence-corrected chi connectivity index (χ1v) is 7.84. The normalized spacial score (nSPS) is 11.4. The van der Waals surface area contributed by atoms with E-state index in [4.69, 9.17) is 10.5 Å². The maximum Gasteiger partial charge on any atom is 0.244 e. The van der Waals surface area contributed by atoms with E-state index in [0.717, 1.165) is 10.4 Å². The lowest BCUT2D eigenvalue weighted by atomic mass is 10.2. The fourth-order valence-electron chi connectivity index (χ4n) is 1.86. The van der Waals surface area contributed by atoms with Crippen molar-refractivity contribution in [2.75, 3.05) is 13.1 Å². The van der Waals surface area contributed by atoms with Crippen molar-refractivity contribution in [3.63, 3.8) is 0 Å². The summed E-state index contributed by atoms with van der Waals surface area (Å²) in [6, 6.07) is 6.98. The number of hydrogen-bond donors (Lipinski definition) is 0. The summed E-state index contributed by atoms with van der Waals surface area (Å²) >= 11 is 0. The summed E-state index contributed by atoms with van der Waals surface area (Å²) in [4.78, 5) is -0.358. The number of sulfonamides is 1. The molecule has 1 aromatic carbocycles. The zero-order valence-electron chi connectivity index (χ0n) is 11.9. The summed E-state index contributed by atoms with van der Waals surface area (Å²) < 4.78 is 39.9. The highest BCUT2D eigenvalue weighted by molar-refractivity contribution is 7.89. The highest BCUT2D eigenvalue weighted by Gasteiger charge is 2.28. The Balaban J connectivity index is 3.33. The summed E-state index contributed by atoms with van der Waals surface area (Å²) in [5.74, 6) is -0.832. The Hall–Kier alpha value is -1.96. The van der Waals surface area contributed by atoms with E-state index in [0.29, 0.717) is 0 Å². The second kappa shape index (κ2) is 7.16. The molecule has 0 N–H and O–H groups in total. The maximum atomic E-state index is 13.6. The van der Waals surface area contributed by atoms with E-state index in [2.05, 4.69) is 0 Å². The van der Waals surface area contributed by atoms with Gasteiger partial charge < -0.3 is 0 Å². The topological polar surface area (TPSA) is 85.0 Å². The predicted octanol–water partition coefficient (Wildman–Crippen LogP) is 2.26. The third-order valence-electron chi connectivity index (χ3n) is 2.75. The van der Waals surface area contributed by atoms with Crippen LogP contribution in [-0.2, 0) is 10.0 Å². The van der Waals surface area contributed by atoms with Gasteiger partial charge in [-0.25, -0.2) is 12.8 Å². The Kier molecular flexibility index (Phi) is 5.83. The maximum absolute atomic E-state index is 13.6. The minimum Gasteiger partial charge on any atom is -0.207 e. The van der Waals surface area contributed by atoms with Crippen LogP contribution >= 0.6 is 0 Å². The summed E-state index contributed by atoms with van der Waals surface area (Å²) in [5.41, 5.74) is -0.497. The van der Waals surface area contributed by atoms with E-state index in [1.807, 2.05) is 19.9 Å². The quantitative estimate of drug-likeness (QED) is 0.806. The fourth-order valence-corrected chi connectivity index (χ4v) is 3.61. The molecule has 0 bridgehead atoms. The molecule has 7 heteroatoms. The highest BCUT2D eigenvalue weighted by atomic mass is 32.2. The standard InChI is InChI=1S/C14H16FN3O2S/c1-11(2)10-18(8-4-7-16)21(19,20)14-6-3-5-13(15)12(14)9-17/h3,5-6,11H,4,8,10H2,1-2H3. The molecule has 0 saturated carbocycles. The van der Waals surface area contributed by atoms with Crippen LogP contribution in [0, 0.1) is 34.4 Å². The van der Waals surface area contributed by atoms with E-state index in [-0.39, 0.29) is 30.3 Å². The summed E-state index contributed by atoms with van der Waals surface area (Å²) in [6.07, 6.45) is 0.0309. The number of benzene rings is 1. The van der Waals surface area contributed by atoms with Crippen LogP contribution in [0.4, 0.5) is 4.39 Å². The van der Waals surface area contributed by atoms with Gasteiger partial charge in [-0.05, 0) is 18.1 Å². The minimum atomic E-state index is -4.01. The van der Waals surface area contributed by atoms with E-state index in [1.165, 1.54) is 12.1 Å². The third-order valence-corrected chi connectivity index (χ3v) is 4.65. The van der Waals surface area contributed by atoms with Gasteiger partial charge in [0, 0.05) is 19.5 Å². The second-order valence-electron chi connectivity index (χ2n) is 4.89. The van der Waals surface area contributed by atoms with Gasteiger partial charge in [-0.2, -0.15) is 14.8 Å². The fraction of sp³-hybridized carbons (Fsp3) is 0.429. The van der Waals surface area contributed by atoms with Crippen LogP contribution in [0.25, 0.3) is 0 Å². The van der Waals surface area contributed by atoms with E-state index in [9.17, 15) is 12.8 Å². The highest BCUT2D eigenvalue weighted by Crippen LogP contribution is 2.23. The Morgan fingerprint density at radius 1 is 1.33 bits per heavy atom. The Bertz CT molecular complexity index is 687. The Morgan fingerprint density at radius 2 is 2.00 bits per heavy atom. The molecule has 0 spiro atoms. The van der Waals surface area contributed by atoms with Crippen molar-refractivity contribution in [2.24, 2.45) is 5.92 Å². The molecule has 0 heterocycles. The van der Waals surface area contributed by atoms with Gasteiger partial charge in [-0.15, -0.1) is 0 Å². The smallest absolute Gasteiger partial charge is 0.207 e. The molecule has 0 radical (unpaired) electrons. The summed E-state index contributed by atoms with van der Waals surface area (Å²) in [5, 5.41) is 17.6. The molecule has 1 aromatic rings. The van der Waals surface area contributed by atoms with Crippen LogP contribution in [-0.4, -0.2) is 25.8 Å². The lowest BCUT2D eigenvalue weighted by molar-refractivity contribution is 0.372. The predicted molar refractivity (Wildman–Crippen MR) is 74.9 cm³/mol. The molecule has 0 aromatic heterocycles. The first-order chi connectivity index (χ1) is 9.84. The SMILES string of the molecule is CC(C)CN(CCC#N)S(=O)(=O)c1cccc(F)c1C#N. The average Bonchev–Trinajstić information content (AvgIpc) is 2.42.